The van der Waals surface area contributed by atoms with Gasteiger partial charge in [0, 0.05) is 11.1 Å². The molecule has 3 unspecified atom stereocenters. The molecule has 1 amide bonds. The van der Waals surface area contributed by atoms with Gasteiger partial charge in [-0.2, -0.15) is 0 Å². The van der Waals surface area contributed by atoms with Crippen LogP contribution in [0.1, 0.15) is 56.7 Å². The molecule has 1 aromatic carbocycles. The number of ether oxygens (including phenoxy) is 1. The lowest BCUT2D eigenvalue weighted by molar-refractivity contribution is -0.122. The first-order valence-corrected chi connectivity index (χ1v) is 8.69. The minimum absolute atomic E-state index is 0.0746. The van der Waals surface area contributed by atoms with Gasteiger partial charge in [0.05, 0.1) is 13.5 Å². The molecule has 0 saturated heterocycles. The molecular weight excluding hydrogens is 286 g/mol. The highest BCUT2D eigenvalue weighted by Crippen LogP contribution is 2.36. The van der Waals surface area contributed by atoms with Gasteiger partial charge in [-0.1, -0.05) is 19.9 Å². The molecular formula is C20H31NO2. The quantitative estimate of drug-likeness (QED) is 0.904. The Labute approximate surface area is 140 Å². The van der Waals surface area contributed by atoms with Crippen molar-refractivity contribution in [1.29, 1.82) is 0 Å². The molecule has 0 radical (unpaired) electrons. The fraction of sp³-hybridized carbons (Fsp3) is 0.650. The third kappa shape index (κ3) is 4.27. The summed E-state index contributed by atoms with van der Waals surface area (Å²) in [5.74, 6) is 2.32. The molecule has 1 aliphatic rings. The van der Waals surface area contributed by atoms with Crippen molar-refractivity contribution in [2.75, 3.05) is 7.11 Å². The number of rotatable bonds is 4. The van der Waals surface area contributed by atoms with E-state index in [-0.39, 0.29) is 11.4 Å². The first-order valence-electron chi connectivity index (χ1n) is 8.69. The maximum Gasteiger partial charge on any atom is 0.224 e. The lowest BCUT2D eigenvalue weighted by Crippen LogP contribution is -2.50. The Morgan fingerprint density at radius 1 is 1.30 bits per heavy atom. The third-order valence-electron chi connectivity index (χ3n) is 5.47. The molecule has 0 bridgehead atoms. The van der Waals surface area contributed by atoms with E-state index in [1.54, 1.807) is 7.11 Å². The van der Waals surface area contributed by atoms with Crippen molar-refractivity contribution in [3.8, 4) is 5.75 Å². The number of amides is 1. The molecule has 0 aliphatic heterocycles. The number of nitrogens with one attached hydrogen (secondary N) is 1. The second kappa shape index (κ2) is 6.94. The van der Waals surface area contributed by atoms with Crippen molar-refractivity contribution >= 4 is 5.91 Å². The third-order valence-corrected chi connectivity index (χ3v) is 5.47. The van der Waals surface area contributed by atoms with Crippen LogP contribution in [0.25, 0.3) is 0 Å². The lowest BCUT2D eigenvalue weighted by atomic mass is 9.72. The fourth-order valence-corrected chi connectivity index (χ4v) is 3.87. The van der Waals surface area contributed by atoms with Gasteiger partial charge in [0.1, 0.15) is 5.75 Å². The smallest absolute Gasteiger partial charge is 0.224 e. The minimum atomic E-state index is -0.0746. The van der Waals surface area contributed by atoms with Gasteiger partial charge in [-0.05, 0) is 69.1 Å². The Hall–Kier alpha value is -1.51. The number of hydrogen-bond acceptors (Lipinski definition) is 2. The van der Waals surface area contributed by atoms with E-state index in [9.17, 15) is 4.79 Å². The second-order valence-corrected chi connectivity index (χ2v) is 7.75. The van der Waals surface area contributed by atoms with E-state index in [2.05, 4.69) is 32.2 Å². The van der Waals surface area contributed by atoms with Crippen LogP contribution in [0.15, 0.2) is 12.1 Å². The van der Waals surface area contributed by atoms with Crippen molar-refractivity contribution in [3.63, 3.8) is 0 Å². The first kappa shape index (κ1) is 17.8. The fourth-order valence-electron chi connectivity index (χ4n) is 3.87. The largest absolute Gasteiger partial charge is 0.496 e. The number of aryl methyl sites for hydroxylation is 2. The van der Waals surface area contributed by atoms with E-state index in [0.29, 0.717) is 12.3 Å². The Morgan fingerprint density at radius 3 is 2.61 bits per heavy atom. The van der Waals surface area contributed by atoms with E-state index >= 15 is 0 Å². The van der Waals surface area contributed by atoms with Crippen LogP contribution in [0.5, 0.6) is 5.75 Å². The van der Waals surface area contributed by atoms with Crippen LogP contribution in [0.2, 0.25) is 0 Å². The van der Waals surface area contributed by atoms with E-state index in [0.717, 1.165) is 41.2 Å². The summed E-state index contributed by atoms with van der Waals surface area (Å²) in [6, 6.07) is 4.11. The van der Waals surface area contributed by atoms with Gasteiger partial charge in [-0.15, -0.1) is 0 Å². The van der Waals surface area contributed by atoms with Gasteiger partial charge in [0.2, 0.25) is 5.91 Å². The van der Waals surface area contributed by atoms with Crippen LogP contribution in [-0.4, -0.2) is 18.6 Å². The Balaban J connectivity index is 2.08. The highest BCUT2D eigenvalue weighted by molar-refractivity contribution is 5.80. The molecule has 1 saturated carbocycles. The zero-order chi connectivity index (χ0) is 17.2. The molecule has 0 aromatic heterocycles. The van der Waals surface area contributed by atoms with Crippen LogP contribution >= 0.6 is 0 Å². The molecule has 3 nitrogen and oxygen atoms in total. The average molecular weight is 317 g/mol. The normalized spacial score (nSPS) is 27.6. The van der Waals surface area contributed by atoms with Gasteiger partial charge < -0.3 is 10.1 Å². The molecule has 23 heavy (non-hydrogen) atoms. The van der Waals surface area contributed by atoms with Crippen LogP contribution in [-0.2, 0) is 11.2 Å². The van der Waals surface area contributed by atoms with Crippen molar-refractivity contribution in [1.82, 2.24) is 5.32 Å². The molecule has 0 spiro atoms. The number of hydrogen-bond donors (Lipinski definition) is 1. The zero-order valence-electron chi connectivity index (χ0n) is 15.5. The summed E-state index contributed by atoms with van der Waals surface area (Å²) < 4.78 is 5.47. The molecule has 1 aromatic rings. The zero-order valence-corrected chi connectivity index (χ0v) is 15.5. The topological polar surface area (TPSA) is 38.3 Å². The van der Waals surface area contributed by atoms with E-state index in [1.807, 2.05) is 19.9 Å². The van der Waals surface area contributed by atoms with Crippen molar-refractivity contribution < 1.29 is 9.53 Å². The molecule has 1 aliphatic carbocycles. The summed E-state index contributed by atoms with van der Waals surface area (Å²) >= 11 is 0. The van der Waals surface area contributed by atoms with Gasteiger partial charge in [-0.3, -0.25) is 4.79 Å². The highest BCUT2D eigenvalue weighted by atomic mass is 16.5. The summed E-state index contributed by atoms with van der Waals surface area (Å²) in [6.07, 6.45) is 3.69. The van der Waals surface area contributed by atoms with Crippen LogP contribution in [0, 0.1) is 25.7 Å². The number of benzene rings is 1. The molecule has 0 heterocycles. The number of methoxy groups -OCH3 is 1. The Kier molecular flexibility index (Phi) is 5.38. The predicted octanol–water partition coefficient (Wildman–Crippen LogP) is 4.19. The Morgan fingerprint density at radius 2 is 2.00 bits per heavy atom. The number of carbonyl (C=O) groups excluding carboxylic acids is 1. The summed E-state index contributed by atoms with van der Waals surface area (Å²) in [5.41, 5.74) is 3.20. The molecule has 1 N–H and O–H groups in total. The van der Waals surface area contributed by atoms with Crippen molar-refractivity contribution in [3.05, 3.63) is 28.8 Å². The average Bonchev–Trinajstić information content (AvgIpc) is 2.45. The molecule has 2 rings (SSSR count). The van der Waals surface area contributed by atoms with E-state index in [1.165, 1.54) is 6.42 Å². The summed E-state index contributed by atoms with van der Waals surface area (Å²) in [4.78, 5) is 12.6. The van der Waals surface area contributed by atoms with Gasteiger partial charge in [-0.25, -0.2) is 0 Å². The van der Waals surface area contributed by atoms with E-state index in [4.69, 9.17) is 4.74 Å². The predicted molar refractivity (Wildman–Crippen MR) is 94.9 cm³/mol. The first-order chi connectivity index (χ1) is 10.7. The van der Waals surface area contributed by atoms with Crippen LogP contribution < -0.4 is 10.1 Å². The van der Waals surface area contributed by atoms with Gasteiger partial charge in [0.15, 0.2) is 0 Å². The molecule has 128 valence electrons. The lowest BCUT2D eigenvalue weighted by Gasteiger charge is -2.41. The SMILES string of the molecule is COc1cc(C)cc(C)c1CC(=O)NC1(C)CCC(C)C(C)C1. The summed E-state index contributed by atoms with van der Waals surface area (Å²) in [7, 11) is 1.67. The maximum atomic E-state index is 12.6. The van der Waals surface area contributed by atoms with Crippen LogP contribution in [0.3, 0.4) is 0 Å². The molecule has 3 atom stereocenters. The van der Waals surface area contributed by atoms with Gasteiger partial charge >= 0.3 is 0 Å². The molecule has 3 heteroatoms. The summed E-state index contributed by atoms with van der Waals surface area (Å²) in [6.45, 7) is 10.9. The monoisotopic (exact) mass is 317 g/mol. The van der Waals surface area contributed by atoms with Crippen molar-refractivity contribution in [2.45, 2.75) is 65.8 Å². The number of carbonyl (C=O) groups is 1. The van der Waals surface area contributed by atoms with Gasteiger partial charge in [0.25, 0.3) is 0 Å². The highest BCUT2D eigenvalue weighted by Gasteiger charge is 2.35. The van der Waals surface area contributed by atoms with E-state index < -0.39 is 0 Å². The second-order valence-electron chi connectivity index (χ2n) is 7.75. The standard InChI is InChI=1S/C20H31NO2/c1-13-9-15(3)17(18(10-13)23-6)11-19(22)21-20(5)8-7-14(2)16(4)12-20/h9-10,14,16H,7-8,11-12H2,1-6H3,(H,21,22). The van der Waals surface area contributed by atoms with Crippen molar-refractivity contribution in [2.24, 2.45) is 11.8 Å². The minimum Gasteiger partial charge on any atom is -0.496 e. The maximum absolute atomic E-state index is 12.6. The Bertz CT molecular complexity index is 581. The van der Waals surface area contributed by atoms with Crippen LogP contribution in [0.4, 0.5) is 0 Å². The molecule has 1 fully saturated rings. The summed E-state index contributed by atoms with van der Waals surface area (Å²) in [5, 5.41) is 3.29.